The van der Waals surface area contributed by atoms with Crippen molar-refractivity contribution in [2.24, 2.45) is 0 Å². The lowest BCUT2D eigenvalue weighted by Crippen LogP contribution is -2.17. The number of alkyl halides is 3. The van der Waals surface area contributed by atoms with E-state index < -0.39 is 17.2 Å². The van der Waals surface area contributed by atoms with Gasteiger partial charge in [0.1, 0.15) is 17.9 Å². The number of pyridine rings is 1. The molecule has 0 radical (unpaired) electrons. The summed E-state index contributed by atoms with van der Waals surface area (Å²) in [5.74, 6) is -0.261. The van der Waals surface area contributed by atoms with E-state index in [1.54, 1.807) is 6.92 Å². The number of nitrogens with zero attached hydrogens (tertiary/aromatic N) is 1. The zero-order chi connectivity index (χ0) is 14.8. The molecule has 0 saturated carbocycles. The monoisotopic (exact) mass is 273 g/mol. The average molecular weight is 273 g/mol. The molecular formula is C14H18F3NO. The van der Waals surface area contributed by atoms with Crippen molar-refractivity contribution < 1.29 is 17.9 Å². The summed E-state index contributed by atoms with van der Waals surface area (Å²) in [6.07, 6.45) is -3.33. The van der Waals surface area contributed by atoms with Crippen LogP contribution in [0.5, 0.6) is 5.75 Å². The Morgan fingerprint density at radius 3 is 2.32 bits per heavy atom. The predicted octanol–water partition coefficient (Wildman–Crippen LogP) is 4.35. The molecule has 1 aromatic heterocycles. The van der Waals surface area contributed by atoms with Crippen molar-refractivity contribution in [2.45, 2.75) is 39.3 Å². The Morgan fingerprint density at radius 1 is 1.32 bits per heavy atom. The molecule has 0 amide bonds. The van der Waals surface area contributed by atoms with Gasteiger partial charge in [-0.1, -0.05) is 27.4 Å². The highest BCUT2D eigenvalue weighted by atomic mass is 19.4. The quantitative estimate of drug-likeness (QED) is 0.764. The summed E-state index contributed by atoms with van der Waals surface area (Å²) in [5, 5.41) is 0. The number of rotatable bonds is 3. The second-order valence-corrected chi connectivity index (χ2v) is 5.56. The van der Waals surface area contributed by atoms with Gasteiger partial charge in [-0.2, -0.15) is 13.2 Å². The van der Waals surface area contributed by atoms with Crippen molar-refractivity contribution in [1.82, 2.24) is 4.98 Å². The maximum atomic E-state index is 13.0. The fourth-order valence-corrected chi connectivity index (χ4v) is 1.39. The van der Waals surface area contributed by atoms with Crippen molar-refractivity contribution in [3.63, 3.8) is 0 Å². The van der Waals surface area contributed by atoms with E-state index in [0.717, 1.165) is 12.3 Å². The third-order valence-electron chi connectivity index (χ3n) is 2.42. The zero-order valence-corrected chi connectivity index (χ0v) is 11.6. The summed E-state index contributed by atoms with van der Waals surface area (Å²) in [6, 6.07) is 1.05. The van der Waals surface area contributed by atoms with E-state index in [0.29, 0.717) is 11.3 Å². The first-order chi connectivity index (χ1) is 8.51. The van der Waals surface area contributed by atoms with Crippen LogP contribution in [0.25, 0.3) is 0 Å². The minimum absolute atomic E-state index is 0.0413. The van der Waals surface area contributed by atoms with E-state index in [1.807, 2.05) is 20.8 Å². The van der Waals surface area contributed by atoms with Gasteiger partial charge in [0.05, 0.1) is 6.20 Å². The molecule has 1 aromatic rings. The lowest BCUT2D eigenvalue weighted by molar-refractivity contribution is -0.139. The third kappa shape index (κ3) is 4.26. The number of ether oxygens (including phenoxy) is 1. The summed E-state index contributed by atoms with van der Waals surface area (Å²) in [6.45, 7) is 10.7. The SMILES string of the molecule is C=C(C)COc1cnc(C(C)(C)C)cc1C(F)(F)F. The smallest absolute Gasteiger partial charge is 0.420 e. The molecule has 0 N–H and O–H groups in total. The third-order valence-corrected chi connectivity index (χ3v) is 2.42. The molecular weight excluding hydrogens is 255 g/mol. The Labute approximate surface area is 111 Å². The van der Waals surface area contributed by atoms with Gasteiger partial charge in [-0.05, 0) is 18.6 Å². The Kier molecular flexibility index (Phi) is 4.28. The van der Waals surface area contributed by atoms with E-state index in [4.69, 9.17) is 4.74 Å². The second kappa shape index (κ2) is 5.23. The van der Waals surface area contributed by atoms with Gasteiger partial charge in [-0.15, -0.1) is 0 Å². The first-order valence-corrected chi connectivity index (χ1v) is 5.86. The summed E-state index contributed by atoms with van der Waals surface area (Å²) in [7, 11) is 0. The van der Waals surface area contributed by atoms with Crippen LogP contribution in [-0.4, -0.2) is 11.6 Å². The number of aromatic nitrogens is 1. The van der Waals surface area contributed by atoms with Crippen LogP contribution in [0.3, 0.4) is 0 Å². The highest BCUT2D eigenvalue weighted by Gasteiger charge is 2.36. The molecule has 0 aliphatic rings. The molecule has 106 valence electrons. The molecule has 1 rings (SSSR count). The molecule has 2 nitrogen and oxygen atoms in total. The topological polar surface area (TPSA) is 22.1 Å². The van der Waals surface area contributed by atoms with Crippen LogP contribution < -0.4 is 4.74 Å². The molecule has 5 heteroatoms. The highest BCUT2D eigenvalue weighted by Crippen LogP contribution is 2.38. The van der Waals surface area contributed by atoms with Crippen molar-refractivity contribution in [3.05, 3.63) is 35.7 Å². The Balaban J connectivity index is 3.22. The minimum Gasteiger partial charge on any atom is -0.487 e. The van der Waals surface area contributed by atoms with Gasteiger partial charge in [-0.25, -0.2) is 0 Å². The van der Waals surface area contributed by atoms with Crippen molar-refractivity contribution >= 4 is 0 Å². The van der Waals surface area contributed by atoms with Gasteiger partial charge < -0.3 is 4.74 Å². The molecule has 0 aliphatic heterocycles. The average Bonchev–Trinajstić information content (AvgIpc) is 2.23. The number of hydrogen-bond donors (Lipinski definition) is 0. The van der Waals surface area contributed by atoms with Gasteiger partial charge in [-0.3, -0.25) is 4.98 Å². The molecule has 0 unspecified atom stereocenters. The van der Waals surface area contributed by atoms with Gasteiger partial charge in [0.15, 0.2) is 0 Å². The molecule has 1 heterocycles. The van der Waals surface area contributed by atoms with Crippen LogP contribution in [0.15, 0.2) is 24.4 Å². The second-order valence-electron chi connectivity index (χ2n) is 5.56. The summed E-state index contributed by atoms with van der Waals surface area (Å²) < 4.78 is 44.1. The van der Waals surface area contributed by atoms with Gasteiger partial charge in [0.25, 0.3) is 0 Å². The molecule has 0 aromatic carbocycles. The van der Waals surface area contributed by atoms with E-state index in [1.165, 1.54) is 0 Å². The Morgan fingerprint density at radius 2 is 1.89 bits per heavy atom. The highest BCUT2D eigenvalue weighted by molar-refractivity contribution is 5.37. The van der Waals surface area contributed by atoms with Gasteiger partial charge >= 0.3 is 6.18 Å². The maximum Gasteiger partial charge on any atom is 0.420 e. The van der Waals surface area contributed by atoms with E-state index in [9.17, 15) is 13.2 Å². The zero-order valence-electron chi connectivity index (χ0n) is 11.6. The normalized spacial score (nSPS) is 12.4. The summed E-state index contributed by atoms with van der Waals surface area (Å²) >= 11 is 0. The first kappa shape index (κ1) is 15.5. The van der Waals surface area contributed by atoms with Crippen LogP contribution in [-0.2, 0) is 11.6 Å². The lowest BCUT2D eigenvalue weighted by atomic mass is 9.90. The van der Waals surface area contributed by atoms with Crippen LogP contribution >= 0.6 is 0 Å². The Hall–Kier alpha value is -1.52. The fourth-order valence-electron chi connectivity index (χ4n) is 1.39. The van der Waals surface area contributed by atoms with E-state index >= 15 is 0 Å². The fraction of sp³-hybridized carbons (Fsp3) is 0.500. The lowest BCUT2D eigenvalue weighted by Gasteiger charge is -2.21. The minimum atomic E-state index is -4.46. The summed E-state index contributed by atoms with van der Waals surface area (Å²) in [4.78, 5) is 4.05. The van der Waals surface area contributed by atoms with Crippen LogP contribution in [0, 0.1) is 0 Å². The van der Waals surface area contributed by atoms with Crippen LogP contribution in [0.2, 0.25) is 0 Å². The maximum absolute atomic E-state index is 13.0. The number of hydrogen-bond acceptors (Lipinski definition) is 2. The number of halogens is 3. The molecule has 0 atom stereocenters. The molecule has 0 fully saturated rings. The van der Waals surface area contributed by atoms with Crippen LogP contribution in [0.1, 0.15) is 39.0 Å². The first-order valence-electron chi connectivity index (χ1n) is 5.86. The van der Waals surface area contributed by atoms with Crippen molar-refractivity contribution in [3.8, 4) is 5.75 Å². The molecule has 19 heavy (non-hydrogen) atoms. The van der Waals surface area contributed by atoms with Gasteiger partial charge in [0.2, 0.25) is 0 Å². The standard InChI is InChI=1S/C14H18F3NO/c1-9(2)8-19-11-7-18-12(13(3,4)5)6-10(11)14(15,16)17/h6-7H,1,8H2,2-5H3. The van der Waals surface area contributed by atoms with E-state index in [-0.39, 0.29) is 12.4 Å². The van der Waals surface area contributed by atoms with Crippen LogP contribution in [0.4, 0.5) is 13.2 Å². The van der Waals surface area contributed by atoms with Crippen molar-refractivity contribution in [1.29, 1.82) is 0 Å². The molecule has 0 spiro atoms. The van der Waals surface area contributed by atoms with Crippen molar-refractivity contribution in [2.75, 3.05) is 6.61 Å². The molecule has 0 saturated heterocycles. The molecule has 0 aliphatic carbocycles. The summed E-state index contributed by atoms with van der Waals surface area (Å²) in [5.41, 5.74) is -0.225. The predicted molar refractivity (Wildman–Crippen MR) is 68.2 cm³/mol. The largest absolute Gasteiger partial charge is 0.487 e. The van der Waals surface area contributed by atoms with E-state index in [2.05, 4.69) is 11.6 Å². The Bertz CT molecular complexity index is 473. The molecule has 0 bridgehead atoms. The van der Waals surface area contributed by atoms with Gasteiger partial charge in [0, 0.05) is 11.1 Å².